The van der Waals surface area contributed by atoms with Crippen LogP contribution in [0.25, 0.3) is 0 Å². The van der Waals surface area contributed by atoms with Gasteiger partial charge in [0.2, 0.25) is 10.0 Å². The van der Waals surface area contributed by atoms with Crippen molar-refractivity contribution in [3.05, 3.63) is 28.8 Å². The Morgan fingerprint density at radius 1 is 1.29 bits per heavy atom. The molecule has 0 unspecified atom stereocenters. The molecule has 1 fully saturated rings. The maximum atomic E-state index is 12.6. The van der Waals surface area contributed by atoms with Crippen LogP contribution in [0, 0.1) is 0 Å². The molecule has 1 aromatic rings. The van der Waals surface area contributed by atoms with E-state index >= 15 is 0 Å². The molecule has 118 valence electrons. The minimum atomic E-state index is -3.59. The van der Waals surface area contributed by atoms with E-state index in [4.69, 9.17) is 11.6 Å². The molecule has 0 aromatic heterocycles. The van der Waals surface area contributed by atoms with Crippen molar-refractivity contribution in [2.45, 2.75) is 56.5 Å². The van der Waals surface area contributed by atoms with Crippen molar-refractivity contribution in [1.29, 1.82) is 0 Å². The van der Waals surface area contributed by atoms with Gasteiger partial charge in [0.25, 0.3) is 0 Å². The van der Waals surface area contributed by atoms with Crippen LogP contribution in [0.3, 0.4) is 0 Å². The smallest absolute Gasteiger partial charge is 0.242 e. The lowest BCUT2D eigenvalue weighted by atomic mass is 10.0. The highest BCUT2D eigenvalue weighted by molar-refractivity contribution is 7.89. The summed E-state index contributed by atoms with van der Waals surface area (Å²) < 4.78 is 28.1. The molecule has 0 spiro atoms. The van der Waals surface area contributed by atoms with Gasteiger partial charge in [0, 0.05) is 12.1 Å². The van der Waals surface area contributed by atoms with Gasteiger partial charge in [-0.25, -0.2) is 13.1 Å². The Morgan fingerprint density at radius 2 is 1.95 bits per heavy atom. The maximum Gasteiger partial charge on any atom is 0.242 e. The summed E-state index contributed by atoms with van der Waals surface area (Å²) in [6.45, 7) is 5.44. The fourth-order valence-corrected chi connectivity index (χ4v) is 4.79. The molecule has 4 nitrogen and oxygen atoms in total. The third kappa shape index (κ3) is 4.19. The van der Waals surface area contributed by atoms with Gasteiger partial charge in [-0.3, -0.25) is 0 Å². The van der Waals surface area contributed by atoms with E-state index in [0.717, 1.165) is 37.8 Å². The zero-order chi connectivity index (χ0) is 15.5. The number of halogens is 1. The molecule has 6 heteroatoms. The molecule has 21 heavy (non-hydrogen) atoms. The van der Waals surface area contributed by atoms with Crippen LogP contribution in [-0.2, 0) is 16.6 Å². The van der Waals surface area contributed by atoms with Gasteiger partial charge in [-0.15, -0.1) is 0 Å². The normalized spacial score (nSPS) is 18.0. The quantitative estimate of drug-likeness (QED) is 0.842. The Bertz CT molecular complexity index is 596. The Morgan fingerprint density at radius 3 is 2.57 bits per heavy atom. The van der Waals surface area contributed by atoms with E-state index in [1.54, 1.807) is 12.1 Å². The van der Waals surface area contributed by atoms with Crippen LogP contribution in [0.4, 0.5) is 0 Å². The molecule has 1 aromatic carbocycles. The van der Waals surface area contributed by atoms with Gasteiger partial charge in [0.15, 0.2) is 0 Å². The lowest BCUT2D eigenvalue weighted by Crippen LogP contribution is -2.43. The minimum Gasteiger partial charge on any atom is -0.313 e. The highest BCUT2D eigenvalue weighted by Gasteiger charge is 2.34. The van der Waals surface area contributed by atoms with Crippen LogP contribution in [0.5, 0.6) is 0 Å². The summed E-state index contributed by atoms with van der Waals surface area (Å²) in [6, 6.07) is 5.16. The van der Waals surface area contributed by atoms with E-state index < -0.39 is 10.0 Å². The van der Waals surface area contributed by atoms with Gasteiger partial charge in [0.1, 0.15) is 4.90 Å². The van der Waals surface area contributed by atoms with Crippen LogP contribution in [0.2, 0.25) is 5.02 Å². The van der Waals surface area contributed by atoms with Crippen molar-refractivity contribution in [3.8, 4) is 0 Å². The molecule has 1 aliphatic carbocycles. The summed E-state index contributed by atoms with van der Waals surface area (Å²) in [5.41, 5.74) is 0.568. The van der Waals surface area contributed by atoms with Gasteiger partial charge < -0.3 is 5.32 Å². The largest absolute Gasteiger partial charge is 0.313 e. The number of nitrogens with one attached hydrogen (secondary N) is 2. The van der Waals surface area contributed by atoms with Crippen LogP contribution in [0.15, 0.2) is 23.1 Å². The average molecular weight is 331 g/mol. The van der Waals surface area contributed by atoms with E-state index in [2.05, 4.69) is 10.0 Å². The molecular formula is C15H23ClN2O2S. The highest BCUT2D eigenvalue weighted by Crippen LogP contribution is 2.32. The van der Waals surface area contributed by atoms with Gasteiger partial charge in [0.05, 0.1) is 5.02 Å². The Kier molecular flexibility index (Phi) is 5.30. The van der Waals surface area contributed by atoms with E-state index in [-0.39, 0.29) is 15.5 Å². The third-order valence-electron chi connectivity index (χ3n) is 3.95. The molecule has 1 saturated carbocycles. The van der Waals surface area contributed by atoms with Crippen molar-refractivity contribution in [2.75, 3.05) is 6.54 Å². The molecule has 2 N–H and O–H groups in total. The molecule has 0 atom stereocenters. The zero-order valence-corrected chi connectivity index (χ0v) is 14.1. The lowest BCUT2D eigenvalue weighted by Gasteiger charge is -2.25. The first-order valence-electron chi connectivity index (χ1n) is 7.39. The van der Waals surface area contributed by atoms with Gasteiger partial charge >= 0.3 is 0 Å². The first-order valence-corrected chi connectivity index (χ1v) is 9.25. The van der Waals surface area contributed by atoms with Crippen molar-refractivity contribution in [3.63, 3.8) is 0 Å². The van der Waals surface area contributed by atoms with Crippen molar-refractivity contribution in [1.82, 2.24) is 10.0 Å². The SMILES string of the molecule is CCNCc1ccc(Cl)c(S(=O)(=O)NC2(C)CCCC2)c1. The predicted octanol–water partition coefficient (Wildman–Crippen LogP) is 3.06. The Labute approximate surface area is 132 Å². The van der Waals surface area contributed by atoms with Crippen molar-refractivity contribution >= 4 is 21.6 Å². The van der Waals surface area contributed by atoms with Crippen LogP contribution in [0.1, 0.15) is 45.1 Å². The molecule has 0 bridgehead atoms. The first kappa shape index (κ1) is 16.7. The van der Waals surface area contributed by atoms with Crippen LogP contribution >= 0.6 is 11.6 Å². The summed E-state index contributed by atoms with van der Waals surface area (Å²) in [5, 5.41) is 3.45. The molecule has 0 aliphatic heterocycles. The second-order valence-corrected chi connectivity index (χ2v) is 7.98. The second-order valence-electron chi connectivity index (χ2n) is 5.92. The molecule has 0 amide bonds. The monoisotopic (exact) mass is 330 g/mol. The fourth-order valence-electron chi connectivity index (χ4n) is 2.77. The zero-order valence-electron chi connectivity index (χ0n) is 12.6. The summed E-state index contributed by atoms with van der Waals surface area (Å²) in [6.07, 6.45) is 3.88. The minimum absolute atomic E-state index is 0.174. The van der Waals surface area contributed by atoms with E-state index in [1.165, 1.54) is 0 Å². The highest BCUT2D eigenvalue weighted by atomic mass is 35.5. The molecule has 1 aliphatic rings. The average Bonchev–Trinajstić information content (AvgIpc) is 2.83. The van der Waals surface area contributed by atoms with Gasteiger partial charge in [-0.1, -0.05) is 37.4 Å². The van der Waals surface area contributed by atoms with Crippen LogP contribution in [-0.4, -0.2) is 20.5 Å². The standard InChI is InChI=1S/C15H23ClN2O2S/c1-3-17-11-12-6-7-13(16)14(10-12)21(19,20)18-15(2)8-4-5-9-15/h6-7,10,17-18H,3-5,8-9,11H2,1-2H3. The van der Waals surface area contributed by atoms with Crippen molar-refractivity contribution < 1.29 is 8.42 Å². The van der Waals surface area contributed by atoms with Crippen molar-refractivity contribution in [2.24, 2.45) is 0 Å². The van der Waals surface area contributed by atoms with E-state index in [9.17, 15) is 8.42 Å². The van der Waals surface area contributed by atoms with E-state index in [1.807, 2.05) is 19.9 Å². The Hall–Kier alpha value is -0.620. The molecule has 0 radical (unpaired) electrons. The molecule has 2 rings (SSSR count). The number of benzene rings is 1. The van der Waals surface area contributed by atoms with Gasteiger partial charge in [-0.2, -0.15) is 0 Å². The molecular weight excluding hydrogens is 308 g/mol. The number of rotatable bonds is 6. The van der Waals surface area contributed by atoms with Gasteiger partial charge in [-0.05, 0) is 44.0 Å². The summed E-state index contributed by atoms with van der Waals surface area (Å²) in [4.78, 5) is 0.174. The first-order chi connectivity index (χ1) is 9.86. The second kappa shape index (κ2) is 6.65. The topological polar surface area (TPSA) is 58.2 Å². The number of sulfonamides is 1. The lowest BCUT2D eigenvalue weighted by molar-refractivity contribution is 0.427. The third-order valence-corrected chi connectivity index (χ3v) is 6.07. The summed E-state index contributed by atoms with van der Waals surface area (Å²) in [7, 11) is -3.59. The molecule has 0 saturated heterocycles. The predicted molar refractivity (Wildman–Crippen MR) is 86.0 cm³/mol. The fraction of sp³-hybridized carbons (Fsp3) is 0.600. The van der Waals surface area contributed by atoms with E-state index in [0.29, 0.717) is 6.54 Å². The van der Waals surface area contributed by atoms with Crippen LogP contribution < -0.4 is 10.0 Å². The Balaban J connectivity index is 2.26. The number of hydrogen-bond donors (Lipinski definition) is 2. The summed E-state index contributed by atoms with van der Waals surface area (Å²) in [5.74, 6) is 0. The maximum absolute atomic E-state index is 12.6. The molecule has 0 heterocycles. The summed E-state index contributed by atoms with van der Waals surface area (Å²) >= 11 is 6.11. The number of hydrogen-bond acceptors (Lipinski definition) is 3.